The molecule has 1 aliphatic heterocycles. The Labute approximate surface area is 161 Å². The molecule has 5 heteroatoms. The van der Waals surface area contributed by atoms with Crippen LogP contribution in [0.25, 0.3) is 10.9 Å². The number of halogens is 1. The van der Waals surface area contributed by atoms with E-state index in [-0.39, 0.29) is 11.9 Å². The number of hydrogen-bond acceptors (Lipinski definition) is 3. The lowest BCUT2D eigenvalue weighted by Crippen LogP contribution is -2.32. The Balaban J connectivity index is 1.43. The van der Waals surface area contributed by atoms with Gasteiger partial charge in [-0.15, -0.1) is 0 Å². The summed E-state index contributed by atoms with van der Waals surface area (Å²) in [5, 5.41) is 4.70. The second kappa shape index (κ2) is 7.46. The zero-order valence-electron chi connectivity index (χ0n) is 14.4. The van der Waals surface area contributed by atoms with Crippen LogP contribution >= 0.6 is 15.9 Å². The van der Waals surface area contributed by atoms with Crippen molar-refractivity contribution < 1.29 is 4.79 Å². The van der Waals surface area contributed by atoms with Crippen molar-refractivity contribution in [3.8, 4) is 0 Å². The fourth-order valence-electron chi connectivity index (χ4n) is 3.47. The monoisotopic (exact) mass is 409 g/mol. The average molecular weight is 410 g/mol. The number of amides is 1. The fourth-order valence-corrected chi connectivity index (χ4v) is 3.94. The largest absolute Gasteiger partial charge is 0.380 e. The van der Waals surface area contributed by atoms with E-state index in [0.29, 0.717) is 6.42 Å². The van der Waals surface area contributed by atoms with E-state index in [1.54, 1.807) is 0 Å². The second-order valence-corrected chi connectivity index (χ2v) is 7.48. The van der Waals surface area contributed by atoms with Crippen LogP contribution in [0, 0.1) is 0 Å². The number of para-hydroxylation sites is 1. The molecule has 0 saturated carbocycles. The van der Waals surface area contributed by atoms with E-state index in [2.05, 4.69) is 32.3 Å². The predicted octanol–water partition coefficient (Wildman–Crippen LogP) is 4.25. The van der Waals surface area contributed by atoms with Gasteiger partial charge in [-0.1, -0.05) is 42.5 Å². The van der Waals surface area contributed by atoms with Crippen molar-refractivity contribution in [3.05, 3.63) is 70.8 Å². The molecule has 2 heterocycles. The molecule has 4 nitrogen and oxygen atoms in total. The Bertz CT molecular complexity index is 929. The molecule has 1 saturated heterocycles. The van der Waals surface area contributed by atoms with E-state index in [1.807, 2.05) is 59.6 Å². The Kier molecular flexibility index (Phi) is 4.89. The maximum Gasteiger partial charge on any atom is 0.227 e. The molecule has 1 fully saturated rings. The summed E-state index contributed by atoms with van der Waals surface area (Å²) in [5.74, 6) is 0.197. The minimum atomic E-state index is 0.197. The molecular formula is C21H20BrN3O. The Morgan fingerprint density at radius 3 is 2.85 bits per heavy atom. The molecule has 1 unspecified atom stereocenters. The highest BCUT2D eigenvalue weighted by atomic mass is 79.9. The lowest BCUT2D eigenvalue weighted by molar-refractivity contribution is -0.129. The van der Waals surface area contributed by atoms with E-state index in [4.69, 9.17) is 0 Å². The van der Waals surface area contributed by atoms with Crippen LogP contribution in [0.2, 0.25) is 0 Å². The molecule has 1 aromatic heterocycles. The van der Waals surface area contributed by atoms with Crippen LogP contribution in [-0.4, -0.2) is 34.9 Å². The molecule has 2 aromatic carbocycles. The first-order chi connectivity index (χ1) is 12.7. The molecule has 1 amide bonds. The number of carbonyl (C=O) groups is 1. The van der Waals surface area contributed by atoms with Gasteiger partial charge < -0.3 is 10.2 Å². The van der Waals surface area contributed by atoms with Gasteiger partial charge in [0.05, 0.1) is 11.9 Å². The number of anilines is 1. The summed E-state index contributed by atoms with van der Waals surface area (Å²) in [5.41, 5.74) is 3.09. The van der Waals surface area contributed by atoms with Gasteiger partial charge in [0, 0.05) is 40.9 Å². The molecule has 3 aromatic rings. The van der Waals surface area contributed by atoms with Crippen LogP contribution < -0.4 is 5.32 Å². The standard InChI is InChI=1S/C21H20BrN3O/c22-18-8-4-7-17-19(9-11-23-21(17)18)24-16-10-12-25(14-16)20(26)13-15-5-2-1-3-6-15/h1-9,11,16H,10,12-14H2,(H,23,24). The second-order valence-electron chi connectivity index (χ2n) is 6.63. The van der Waals surface area contributed by atoms with Gasteiger partial charge >= 0.3 is 0 Å². The summed E-state index contributed by atoms with van der Waals surface area (Å²) in [7, 11) is 0. The number of benzene rings is 2. The quantitative estimate of drug-likeness (QED) is 0.700. The first-order valence-electron chi connectivity index (χ1n) is 8.82. The zero-order valence-corrected chi connectivity index (χ0v) is 15.9. The van der Waals surface area contributed by atoms with Crippen molar-refractivity contribution in [2.45, 2.75) is 18.9 Å². The molecule has 0 spiro atoms. The van der Waals surface area contributed by atoms with Gasteiger partial charge in [-0.25, -0.2) is 0 Å². The van der Waals surface area contributed by atoms with Gasteiger partial charge in [0.2, 0.25) is 5.91 Å². The van der Waals surface area contributed by atoms with Crippen molar-refractivity contribution in [1.29, 1.82) is 0 Å². The van der Waals surface area contributed by atoms with Gasteiger partial charge in [-0.2, -0.15) is 0 Å². The van der Waals surface area contributed by atoms with E-state index >= 15 is 0 Å². The third-order valence-electron chi connectivity index (χ3n) is 4.82. The van der Waals surface area contributed by atoms with Crippen molar-refractivity contribution >= 4 is 38.4 Å². The summed E-state index contributed by atoms with van der Waals surface area (Å²) in [6, 6.07) is 18.3. The van der Waals surface area contributed by atoms with E-state index in [0.717, 1.165) is 46.1 Å². The zero-order chi connectivity index (χ0) is 17.9. The van der Waals surface area contributed by atoms with Crippen molar-refractivity contribution in [2.75, 3.05) is 18.4 Å². The molecule has 132 valence electrons. The van der Waals surface area contributed by atoms with Crippen molar-refractivity contribution in [3.63, 3.8) is 0 Å². The van der Waals surface area contributed by atoms with Crippen LogP contribution in [0.1, 0.15) is 12.0 Å². The molecule has 26 heavy (non-hydrogen) atoms. The van der Waals surface area contributed by atoms with Crippen LogP contribution in [0.4, 0.5) is 5.69 Å². The molecule has 0 aliphatic carbocycles. The summed E-state index contributed by atoms with van der Waals surface area (Å²) >= 11 is 3.56. The molecular weight excluding hydrogens is 390 g/mol. The number of carbonyl (C=O) groups excluding carboxylic acids is 1. The van der Waals surface area contributed by atoms with E-state index in [1.165, 1.54) is 0 Å². The highest BCUT2D eigenvalue weighted by molar-refractivity contribution is 9.10. The highest BCUT2D eigenvalue weighted by Crippen LogP contribution is 2.28. The van der Waals surface area contributed by atoms with Crippen molar-refractivity contribution in [2.24, 2.45) is 0 Å². The number of likely N-dealkylation sites (tertiary alicyclic amines) is 1. The maximum atomic E-state index is 12.6. The molecule has 0 radical (unpaired) electrons. The van der Waals surface area contributed by atoms with E-state index < -0.39 is 0 Å². The van der Waals surface area contributed by atoms with Crippen molar-refractivity contribution in [1.82, 2.24) is 9.88 Å². The minimum absolute atomic E-state index is 0.197. The fraction of sp³-hybridized carbons (Fsp3) is 0.238. The summed E-state index contributed by atoms with van der Waals surface area (Å²) < 4.78 is 0.990. The minimum Gasteiger partial charge on any atom is -0.380 e. The number of aromatic nitrogens is 1. The SMILES string of the molecule is O=C(Cc1ccccc1)N1CCC(Nc2ccnc3c(Br)cccc23)C1. The number of nitrogens with one attached hydrogen (secondary N) is 1. The molecule has 1 aliphatic rings. The molecule has 1 atom stereocenters. The molecule has 1 N–H and O–H groups in total. The topological polar surface area (TPSA) is 45.2 Å². The molecule has 0 bridgehead atoms. The summed E-state index contributed by atoms with van der Waals surface area (Å²) in [6.07, 6.45) is 3.25. The normalized spacial score (nSPS) is 16.8. The first kappa shape index (κ1) is 17.0. The number of fused-ring (bicyclic) bond motifs is 1. The summed E-state index contributed by atoms with van der Waals surface area (Å²) in [6.45, 7) is 1.54. The van der Waals surface area contributed by atoms with Crippen LogP contribution in [-0.2, 0) is 11.2 Å². The molecule has 4 rings (SSSR count). The van der Waals surface area contributed by atoms with Crippen LogP contribution in [0.5, 0.6) is 0 Å². The first-order valence-corrected chi connectivity index (χ1v) is 9.61. The van der Waals surface area contributed by atoms with Gasteiger partial charge in [-0.05, 0) is 40.0 Å². The highest BCUT2D eigenvalue weighted by Gasteiger charge is 2.26. The van der Waals surface area contributed by atoms with Crippen LogP contribution in [0.15, 0.2) is 65.3 Å². The third-order valence-corrected chi connectivity index (χ3v) is 5.46. The number of pyridine rings is 1. The summed E-state index contributed by atoms with van der Waals surface area (Å²) in [4.78, 5) is 19.0. The van der Waals surface area contributed by atoms with Crippen LogP contribution in [0.3, 0.4) is 0 Å². The van der Waals surface area contributed by atoms with Gasteiger partial charge in [-0.3, -0.25) is 9.78 Å². The predicted molar refractivity (Wildman–Crippen MR) is 108 cm³/mol. The van der Waals surface area contributed by atoms with Gasteiger partial charge in [0.25, 0.3) is 0 Å². The average Bonchev–Trinajstić information content (AvgIpc) is 3.12. The Morgan fingerprint density at radius 1 is 1.15 bits per heavy atom. The maximum absolute atomic E-state index is 12.6. The Hall–Kier alpha value is -2.40. The Morgan fingerprint density at radius 2 is 2.00 bits per heavy atom. The number of rotatable bonds is 4. The number of nitrogens with zero attached hydrogens (tertiary/aromatic N) is 2. The van der Waals surface area contributed by atoms with E-state index in [9.17, 15) is 4.79 Å². The third kappa shape index (κ3) is 3.58. The van der Waals surface area contributed by atoms with Gasteiger partial charge in [0.15, 0.2) is 0 Å². The van der Waals surface area contributed by atoms with Gasteiger partial charge in [0.1, 0.15) is 0 Å². The number of hydrogen-bond donors (Lipinski definition) is 1. The lowest BCUT2D eigenvalue weighted by Gasteiger charge is -2.18. The smallest absolute Gasteiger partial charge is 0.227 e. The lowest BCUT2D eigenvalue weighted by atomic mass is 10.1.